The number of aryl methyl sites for hydroxylation is 1. The molecule has 0 aliphatic rings. The summed E-state index contributed by atoms with van der Waals surface area (Å²) in [6.45, 7) is 2.05. The van der Waals surface area contributed by atoms with E-state index in [9.17, 15) is 13.2 Å². The minimum atomic E-state index is -4.65. The summed E-state index contributed by atoms with van der Waals surface area (Å²) < 4.78 is 40.0. The van der Waals surface area contributed by atoms with Gasteiger partial charge >= 0.3 is 6.36 Å². The molecule has 0 fully saturated rings. The van der Waals surface area contributed by atoms with Crippen LogP contribution in [0.25, 0.3) is 11.1 Å². The number of rotatable bonds is 3. The van der Waals surface area contributed by atoms with Crippen molar-refractivity contribution in [1.82, 2.24) is 0 Å². The van der Waals surface area contributed by atoms with E-state index in [1.54, 1.807) is 12.1 Å². The Balaban J connectivity index is 2.22. The molecule has 4 heteroatoms. The fraction of sp³-hybridized carbons (Fsp3) is 0.200. The van der Waals surface area contributed by atoms with Gasteiger partial charge in [-0.05, 0) is 35.2 Å². The summed E-state index contributed by atoms with van der Waals surface area (Å²) in [6, 6.07) is 13.8. The molecule has 0 atom stereocenters. The third kappa shape index (κ3) is 3.74. The van der Waals surface area contributed by atoms with Gasteiger partial charge in [-0.2, -0.15) is 0 Å². The highest BCUT2D eigenvalue weighted by Gasteiger charge is 2.30. The summed E-state index contributed by atoms with van der Waals surface area (Å²) >= 11 is 0. The van der Waals surface area contributed by atoms with Crippen LogP contribution in [0.1, 0.15) is 12.5 Å². The fourth-order valence-corrected chi connectivity index (χ4v) is 1.82. The molecule has 2 aromatic rings. The zero-order valence-electron chi connectivity index (χ0n) is 10.4. The molecule has 0 heterocycles. The Morgan fingerprint density at radius 1 is 0.947 bits per heavy atom. The predicted octanol–water partition coefficient (Wildman–Crippen LogP) is 4.81. The van der Waals surface area contributed by atoms with E-state index < -0.39 is 6.36 Å². The zero-order valence-corrected chi connectivity index (χ0v) is 10.4. The Labute approximate surface area is 109 Å². The van der Waals surface area contributed by atoms with Crippen LogP contribution < -0.4 is 4.74 Å². The Morgan fingerprint density at radius 2 is 1.63 bits per heavy atom. The van der Waals surface area contributed by atoms with Crippen LogP contribution in [0, 0.1) is 0 Å². The first-order valence-electron chi connectivity index (χ1n) is 5.93. The number of benzene rings is 2. The lowest BCUT2D eigenvalue weighted by Crippen LogP contribution is -2.16. The molecule has 2 aromatic carbocycles. The van der Waals surface area contributed by atoms with Gasteiger partial charge in [-0.15, -0.1) is 13.2 Å². The molecule has 0 aliphatic heterocycles. The van der Waals surface area contributed by atoms with Gasteiger partial charge < -0.3 is 4.74 Å². The lowest BCUT2D eigenvalue weighted by molar-refractivity contribution is -0.274. The Morgan fingerprint density at radius 3 is 2.21 bits per heavy atom. The van der Waals surface area contributed by atoms with Gasteiger partial charge in [-0.1, -0.05) is 43.3 Å². The summed E-state index contributed by atoms with van der Waals surface area (Å²) in [4.78, 5) is 0. The molecular weight excluding hydrogens is 253 g/mol. The molecule has 0 saturated heterocycles. The van der Waals surface area contributed by atoms with E-state index in [2.05, 4.69) is 11.7 Å². The lowest BCUT2D eigenvalue weighted by atomic mass is 10.0. The van der Waals surface area contributed by atoms with Crippen molar-refractivity contribution in [2.45, 2.75) is 19.7 Å². The van der Waals surface area contributed by atoms with Crippen LogP contribution in [0.2, 0.25) is 0 Å². The maximum atomic E-state index is 12.0. The average Bonchev–Trinajstić information content (AvgIpc) is 2.38. The maximum Gasteiger partial charge on any atom is 0.573 e. The molecule has 1 nitrogen and oxygen atoms in total. The third-order valence-electron chi connectivity index (χ3n) is 2.76. The number of ether oxygens (including phenoxy) is 1. The molecule has 0 aromatic heterocycles. The lowest BCUT2D eigenvalue weighted by Gasteiger charge is -2.09. The second kappa shape index (κ2) is 5.34. The van der Waals surface area contributed by atoms with Crippen molar-refractivity contribution >= 4 is 0 Å². The highest BCUT2D eigenvalue weighted by Crippen LogP contribution is 2.26. The number of alkyl halides is 3. The van der Waals surface area contributed by atoms with E-state index in [1.807, 2.05) is 24.3 Å². The van der Waals surface area contributed by atoms with E-state index in [-0.39, 0.29) is 5.75 Å². The summed E-state index contributed by atoms with van der Waals surface area (Å²) in [5, 5.41) is 0. The molecule has 0 aliphatic carbocycles. The molecule has 2 rings (SSSR count). The van der Waals surface area contributed by atoms with Gasteiger partial charge in [-0.25, -0.2) is 0 Å². The second-order valence-corrected chi connectivity index (χ2v) is 4.13. The van der Waals surface area contributed by atoms with E-state index in [4.69, 9.17) is 0 Å². The van der Waals surface area contributed by atoms with Crippen molar-refractivity contribution < 1.29 is 17.9 Å². The number of halogens is 3. The van der Waals surface area contributed by atoms with Gasteiger partial charge in [0, 0.05) is 0 Å². The smallest absolute Gasteiger partial charge is 0.406 e. The second-order valence-electron chi connectivity index (χ2n) is 4.13. The SMILES string of the molecule is CCc1cccc(-c2ccc(OC(F)(F)F)cc2)c1. The average molecular weight is 266 g/mol. The van der Waals surface area contributed by atoms with Crippen molar-refractivity contribution in [2.75, 3.05) is 0 Å². The van der Waals surface area contributed by atoms with E-state index in [0.717, 1.165) is 17.5 Å². The van der Waals surface area contributed by atoms with Crippen molar-refractivity contribution in [3.8, 4) is 16.9 Å². The summed E-state index contributed by atoms with van der Waals surface area (Å²) in [6.07, 6.45) is -3.73. The number of hydrogen-bond acceptors (Lipinski definition) is 1. The highest BCUT2D eigenvalue weighted by molar-refractivity contribution is 5.64. The largest absolute Gasteiger partial charge is 0.573 e. The Hall–Kier alpha value is -1.97. The van der Waals surface area contributed by atoms with Crippen molar-refractivity contribution in [3.63, 3.8) is 0 Å². The normalized spacial score (nSPS) is 11.4. The first-order valence-corrected chi connectivity index (χ1v) is 5.93. The topological polar surface area (TPSA) is 9.23 Å². The summed E-state index contributed by atoms with van der Waals surface area (Å²) in [5.74, 6) is -0.206. The molecule has 0 bridgehead atoms. The standard InChI is InChI=1S/C15H13F3O/c1-2-11-4-3-5-13(10-11)12-6-8-14(9-7-12)19-15(16,17)18/h3-10H,2H2,1H3. The molecular formula is C15H13F3O. The van der Waals surface area contributed by atoms with Crippen LogP contribution >= 0.6 is 0 Å². The van der Waals surface area contributed by atoms with Crippen LogP contribution in [0.15, 0.2) is 48.5 Å². The minimum Gasteiger partial charge on any atom is -0.406 e. The molecule has 19 heavy (non-hydrogen) atoms. The molecule has 0 saturated carbocycles. The minimum absolute atomic E-state index is 0.206. The first kappa shape index (κ1) is 13.5. The van der Waals surface area contributed by atoms with Crippen LogP contribution in [0.3, 0.4) is 0 Å². The third-order valence-corrected chi connectivity index (χ3v) is 2.76. The van der Waals surface area contributed by atoms with Crippen LogP contribution in [0.4, 0.5) is 13.2 Å². The monoisotopic (exact) mass is 266 g/mol. The van der Waals surface area contributed by atoms with E-state index in [1.165, 1.54) is 17.7 Å². The molecule has 100 valence electrons. The molecule has 0 radical (unpaired) electrons. The maximum absolute atomic E-state index is 12.0. The van der Waals surface area contributed by atoms with E-state index >= 15 is 0 Å². The first-order chi connectivity index (χ1) is 8.98. The highest BCUT2D eigenvalue weighted by atomic mass is 19.4. The molecule has 0 N–H and O–H groups in total. The summed E-state index contributed by atoms with van der Waals surface area (Å²) in [7, 11) is 0. The fourth-order valence-electron chi connectivity index (χ4n) is 1.82. The van der Waals surface area contributed by atoms with Crippen molar-refractivity contribution in [2.24, 2.45) is 0 Å². The molecule has 0 amide bonds. The molecule has 0 unspecified atom stereocenters. The predicted molar refractivity (Wildman–Crippen MR) is 67.9 cm³/mol. The van der Waals surface area contributed by atoms with Crippen LogP contribution in [-0.2, 0) is 6.42 Å². The number of hydrogen-bond donors (Lipinski definition) is 0. The summed E-state index contributed by atoms with van der Waals surface area (Å²) in [5.41, 5.74) is 3.04. The van der Waals surface area contributed by atoms with Gasteiger partial charge in [0.05, 0.1) is 0 Å². The van der Waals surface area contributed by atoms with Gasteiger partial charge in [-0.3, -0.25) is 0 Å². The van der Waals surface area contributed by atoms with Crippen molar-refractivity contribution in [3.05, 3.63) is 54.1 Å². The zero-order chi connectivity index (χ0) is 13.9. The quantitative estimate of drug-likeness (QED) is 0.774. The molecule has 0 spiro atoms. The van der Waals surface area contributed by atoms with Gasteiger partial charge in [0.1, 0.15) is 5.75 Å². The Bertz CT molecular complexity index is 544. The van der Waals surface area contributed by atoms with Crippen molar-refractivity contribution in [1.29, 1.82) is 0 Å². The van der Waals surface area contributed by atoms with E-state index in [0.29, 0.717) is 0 Å². The van der Waals surface area contributed by atoms with Crippen LogP contribution in [-0.4, -0.2) is 6.36 Å². The Kier molecular flexibility index (Phi) is 3.79. The van der Waals surface area contributed by atoms with Crippen LogP contribution in [0.5, 0.6) is 5.75 Å². The van der Waals surface area contributed by atoms with Gasteiger partial charge in [0.15, 0.2) is 0 Å². The van der Waals surface area contributed by atoms with Gasteiger partial charge in [0.2, 0.25) is 0 Å². The van der Waals surface area contributed by atoms with Gasteiger partial charge in [0.25, 0.3) is 0 Å².